The van der Waals surface area contributed by atoms with Crippen LogP contribution in [0.3, 0.4) is 0 Å². The van der Waals surface area contributed by atoms with Crippen molar-refractivity contribution >= 4 is 19.5 Å². The van der Waals surface area contributed by atoms with Gasteiger partial charge in [0.1, 0.15) is 5.78 Å². The van der Waals surface area contributed by atoms with E-state index in [1.807, 2.05) is 0 Å². The fraction of sp³-hybridized carbons (Fsp3) is 0.579. The number of amides is 1. The van der Waals surface area contributed by atoms with Crippen molar-refractivity contribution in [1.29, 1.82) is 0 Å². The molecule has 1 aromatic rings. The summed E-state index contributed by atoms with van der Waals surface area (Å²) < 4.78 is 55.5. The van der Waals surface area contributed by atoms with Crippen LogP contribution in [0, 0.1) is 0 Å². The average Bonchev–Trinajstić information content (AvgIpc) is 2.68. The van der Waals surface area contributed by atoms with E-state index in [4.69, 9.17) is 10.3 Å². The number of carbonyl (C=O) groups is 2. The quantitative estimate of drug-likeness (QED) is 0.241. The fourth-order valence-corrected chi connectivity index (χ4v) is 4.20. The number of aliphatic carboxylic acids is 1. The SMILES string of the molecule is NCCCCC(OP(=O)(O)C(CCC(F)(F)F)NC(=O)CCc1ccccc1)C(=O)O.[HH]. The summed E-state index contributed by atoms with van der Waals surface area (Å²) >= 11 is 0. The predicted molar refractivity (Wildman–Crippen MR) is 109 cm³/mol. The van der Waals surface area contributed by atoms with Crippen LogP contribution in [0.4, 0.5) is 13.2 Å². The summed E-state index contributed by atoms with van der Waals surface area (Å²) in [6.07, 6.45) is -8.01. The minimum Gasteiger partial charge on any atom is -0.479 e. The smallest absolute Gasteiger partial charge is 0.389 e. The summed E-state index contributed by atoms with van der Waals surface area (Å²) in [5.41, 5.74) is 6.13. The molecule has 1 rings (SSSR count). The van der Waals surface area contributed by atoms with Crippen LogP contribution in [0.15, 0.2) is 30.3 Å². The van der Waals surface area contributed by atoms with E-state index in [0.717, 1.165) is 5.56 Å². The third-order valence-corrected chi connectivity index (χ3v) is 6.11. The van der Waals surface area contributed by atoms with Gasteiger partial charge in [-0.1, -0.05) is 30.3 Å². The standard InChI is InChI=1S/C19H28F3N2O6P.H2/c20-19(21,22)12-11-17(24-16(25)10-9-14-6-2-1-3-7-14)31(28,29)30-15(18(26)27)8-4-5-13-23;/h1-3,6-7,15,17H,4-5,8-13,23H2,(H,24,25)(H,26,27)(H,28,29);1H. The van der Waals surface area contributed by atoms with Crippen LogP contribution >= 0.6 is 7.60 Å². The Balaban J connectivity index is 0.00000961. The molecule has 1 amide bonds. The molecule has 0 radical (unpaired) electrons. The molecule has 5 N–H and O–H groups in total. The third kappa shape index (κ3) is 11.3. The van der Waals surface area contributed by atoms with Crippen LogP contribution in [0.1, 0.15) is 45.5 Å². The van der Waals surface area contributed by atoms with E-state index in [9.17, 15) is 37.3 Å². The van der Waals surface area contributed by atoms with E-state index in [2.05, 4.69) is 5.32 Å². The molecule has 0 aromatic heterocycles. The van der Waals surface area contributed by atoms with Gasteiger partial charge in [0, 0.05) is 14.3 Å². The van der Waals surface area contributed by atoms with Gasteiger partial charge in [0.15, 0.2) is 6.10 Å². The van der Waals surface area contributed by atoms with Gasteiger partial charge in [0.25, 0.3) is 0 Å². The highest BCUT2D eigenvalue weighted by molar-refractivity contribution is 7.53. The lowest BCUT2D eigenvalue weighted by Crippen LogP contribution is -2.37. The van der Waals surface area contributed by atoms with E-state index < -0.39 is 50.4 Å². The molecule has 0 aliphatic rings. The number of rotatable bonds is 14. The molecule has 0 aliphatic heterocycles. The maximum Gasteiger partial charge on any atom is 0.389 e. The van der Waals surface area contributed by atoms with Crippen molar-refractivity contribution in [1.82, 2.24) is 5.32 Å². The van der Waals surface area contributed by atoms with Crippen LogP contribution in [-0.2, 0) is 25.1 Å². The zero-order valence-electron chi connectivity index (χ0n) is 16.9. The highest BCUT2D eigenvalue weighted by Crippen LogP contribution is 2.50. The number of aryl methyl sites for hydroxylation is 1. The number of nitrogens with one attached hydrogen (secondary N) is 1. The second-order valence-corrected chi connectivity index (χ2v) is 8.97. The number of unbranched alkanes of at least 4 members (excludes halogenated alkanes) is 1. The molecule has 3 unspecified atom stereocenters. The Morgan fingerprint density at radius 1 is 1.19 bits per heavy atom. The lowest BCUT2D eigenvalue weighted by molar-refractivity contribution is -0.146. The first-order valence-corrected chi connectivity index (χ1v) is 11.4. The number of carbonyl (C=O) groups excluding carboxylic acids is 1. The molecule has 1 aromatic carbocycles. The maximum absolute atomic E-state index is 12.7. The highest BCUT2D eigenvalue weighted by atomic mass is 31.2. The molecular formula is C19H30F3N2O6P. The van der Waals surface area contributed by atoms with Crippen molar-refractivity contribution in [2.24, 2.45) is 5.73 Å². The van der Waals surface area contributed by atoms with Gasteiger partial charge in [-0.05, 0) is 44.2 Å². The molecule has 0 saturated carbocycles. The van der Waals surface area contributed by atoms with E-state index in [0.29, 0.717) is 6.42 Å². The van der Waals surface area contributed by atoms with E-state index in [1.165, 1.54) is 0 Å². The van der Waals surface area contributed by atoms with Crippen molar-refractivity contribution in [3.05, 3.63) is 35.9 Å². The van der Waals surface area contributed by atoms with Crippen LogP contribution in [-0.4, -0.2) is 46.5 Å². The second kappa shape index (κ2) is 12.8. The molecule has 0 fully saturated rings. The summed E-state index contributed by atoms with van der Waals surface area (Å²) in [6, 6.07) is 8.81. The van der Waals surface area contributed by atoms with Gasteiger partial charge in [-0.15, -0.1) is 0 Å². The normalized spacial score (nSPS) is 15.6. The van der Waals surface area contributed by atoms with Crippen LogP contribution < -0.4 is 11.1 Å². The first-order valence-electron chi connectivity index (χ1n) is 9.78. The zero-order chi connectivity index (χ0) is 23.5. The molecular weight excluding hydrogens is 440 g/mol. The highest BCUT2D eigenvalue weighted by Gasteiger charge is 2.40. The Morgan fingerprint density at radius 3 is 2.39 bits per heavy atom. The lowest BCUT2D eigenvalue weighted by Gasteiger charge is -2.26. The number of alkyl halides is 3. The number of carboxylic acids is 1. The summed E-state index contributed by atoms with van der Waals surface area (Å²) in [5, 5.41) is 11.3. The van der Waals surface area contributed by atoms with Gasteiger partial charge in [-0.3, -0.25) is 13.9 Å². The monoisotopic (exact) mass is 470 g/mol. The number of halogens is 3. The minimum atomic E-state index is -4.94. The van der Waals surface area contributed by atoms with Gasteiger partial charge in [0.2, 0.25) is 5.91 Å². The van der Waals surface area contributed by atoms with Crippen molar-refractivity contribution in [3.8, 4) is 0 Å². The van der Waals surface area contributed by atoms with E-state index in [1.54, 1.807) is 30.3 Å². The van der Waals surface area contributed by atoms with Crippen LogP contribution in [0.25, 0.3) is 0 Å². The average molecular weight is 470 g/mol. The van der Waals surface area contributed by atoms with Gasteiger partial charge in [-0.2, -0.15) is 13.2 Å². The number of hydrogen-bond donors (Lipinski definition) is 4. The van der Waals surface area contributed by atoms with E-state index in [-0.39, 0.29) is 33.7 Å². The van der Waals surface area contributed by atoms with Crippen molar-refractivity contribution in [3.63, 3.8) is 0 Å². The molecule has 8 nitrogen and oxygen atoms in total. The maximum atomic E-state index is 12.7. The molecule has 178 valence electrons. The van der Waals surface area contributed by atoms with Crippen LogP contribution in [0.2, 0.25) is 0 Å². The Kier molecular flexibility index (Phi) is 11.2. The molecule has 0 bridgehead atoms. The predicted octanol–water partition coefficient (Wildman–Crippen LogP) is 3.43. The summed E-state index contributed by atoms with van der Waals surface area (Å²) in [6.45, 7) is 0.273. The van der Waals surface area contributed by atoms with Gasteiger partial charge in [0.05, 0.1) is 0 Å². The van der Waals surface area contributed by atoms with Crippen molar-refractivity contribution in [2.75, 3.05) is 6.54 Å². The summed E-state index contributed by atoms with van der Waals surface area (Å²) in [5.74, 6) is -4.17. The molecule has 0 heterocycles. The largest absolute Gasteiger partial charge is 0.479 e. The number of nitrogens with two attached hydrogens (primary N) is 1. The van der Waals surface area contributed by atoms with E-state index >= 15 is 0 Å². The van der Waals surface area contributed by atoms with Crippen LogP contribution in [0.5, 0.6) is 0 Å². The van der Waals surface area contributed by atoms with Gasteiger partial charge < -0.3 is 21.1 Å². The zero-order valence-corrected chi connectivity index (χ0v) is 17.8. The summed E-state index contributed by atoms with van der Waals surface area (Å²) in [7, 11) is -4.94. The molecule has 0 aliphatic carbocycles. The molecule has 12 heteroatoms. The van der Waals surface area contributed by atoms with Crippen molar-refractivity contribution < 1.29 is 43.3 Å². The Hall–Kier alpha value is -1.94. The Bertz CT molecular complexity index is 754. The lowest BCUT2D eigenvalue weighted by atomic mass is 10.1. The van der Waals surface area contributed by atoms with Crippen molar-refractivity contribution in [2.45, 2.75) is 63.0 Å². The topological polar surface area (TPSA) is 139 Å². The Labute approximate surface area is 180 Å². The molecule has 31 heavy (non-hydrogen) atoms. The number of carboxylic acid groups (broad SMARTS) is 1. The fourth-order valence-electron chi connectivity index (χ4n) is 2.73. The Morgan fingerprint density at radius 2 is 1.84 bits per heavy atom. The molecule has 0 saturated heterocycles. The second-order valence-electron chi connectivity index (χ2n) is 7.00. The summed E-state index contributed by atoms with van der Waals surface area (Å²) in [4.78, 5) is 33.8. The molecule has 0 spiro atoms. The van der Waals surface area contributed by atoms with Gasteiger partial charge in [-0.25, -0.2) is 4.79 Å². The number of benzene rings is 1. The third-order valence-electron chi connectivity index (χ3n) is 4.38. The number of hydrogen-bond acceptors (Lipinski definition) is 5. The minimum absolute atomic E-state index is 0. The first kappa shape index (κ1) is 27.1. The van der Waals surface area contributed by atoms with Gasteiger partial charge >= 0.3 is 19.7 Å². The first-order chi connectivity index (χ1) is 14.4. The molecule has 3 atom stereocenters.